The molecule has 0 atom stereocenters. The molecule has 1 amide bonds. The summed E-state index contributed by atoms with van der Waals surface area (Å²) in [5.41, 5.74) is 3.96. The number of nitrogens with zero attached hydrogens (tertiary/aromatic N) is 1. The number of carbonyl (C=O) groups is 1. The van der Waals surface area contributed by atoms with Gasteiger partial charge >= 0.3 is 0 Å². The van der Waals surface area contributed by atoms with E-state index >= 15 is 0 Å². The number of hydrogen-bond acceptors (Lipinski definition) is 1. The summed E-state index contributed by atoms with van der Waals surface area (Å²) in [7, 11) is 0. The Labute approximate surface area is 149 Å². The van der Waals surface area contributed by atoms with Crippen LogP contribution in [0.1, 0.15) is 28.4 Å². The van der Waals surface area contributed by atoms with Crippen LogP contribution in [0.2, 0.25) is 0 Å². The van der Waals surface area contributed by atoms with Crippen LogP contribution in [0.5, 0.6) is 0 Å². The number of benzene rings is 3. The smallest absolute Gasteiger partial charge is 0.258 e. The lowest BCUT2D eigenvalue weighted by molar-refractivity contribution is 0.0814. The fourth-order valence-electron chi connectivity index (χ4n) is 2.71. The molecule has 2 heteroatoms. The highest BCUT2D eigenvalue weighted by Gasteiger charge is 2.14. The van der Waals surface area contributed by atoms with E-state index in [2.05, 4.69) is 12.1 Å². The molecule has 0 N–H and O–H groups in total. The van der Waals surface area contributed by atoms with Gasteiger partial charge in [-0.3, -0.25) is 4.79 Å². The van der Waals surface area contributed by atoms with Gasteiger partial charge in [-0.05, 0) is 35.8 Å². The highest BCUT2D eigenvalue weighted by Crippen LogP contribution is 2.17. The molecule has 0 aliphatic heterocycles. The first-order valence-electron chi connectivity index (χ1n) is 8.38. The average Bonchev–Trinajstić information content (AvgIpc) is 2.69. The van der Waals surface area contributed by atoms with Crippen molar-refractivity contribution in [3.05, 3.63) is 114 Å². The van der Waals surface area contributed by atoms with E-state index in [1.807, 2.05) is 92.0 Å². The van der Waals surface area contributed by atoms with Crippen LogP contribution < -0.4 is 0 Å². The summed E-state index contributed by atoms with van der Waals surface area (Å²) in [6.07, 6.45) is 1.94. The Bertz CT molecular complexity index is 839. The first-order chi connectivity index (χ1) is 12.2. The fourth-order valence-corrected chi connectivity index (χ4v) is 2.71. The van der Waals surface area contributed by atoms with Gasteiger partial charge in [-0.1, -0.05) is 78.9 Å². The Balaban J connectivity index is 1.93. The van der Waals surface area contributed by atoms with E-state index in [9.17, 15) is 4.79 Å². The molecule has 0 spiro atoms. The summed E-state index contributed by atoms with van der Waals surface area (Å²) in [5.74, 6) is -0.000246. The predicted molar refractivity (Wildman–Crippen MR) is 103 cm³/mol. The topological polar surface area (TPSA) is 20.3 Å². The van der Waals surface area contributed by atoms with Gasteiger partial charge in [0.2, 0.25) is 0 Å². The summed E-state index contributed by atoms with van der Waals surface area (Å²) in [6.45, 7) is 2.57. The van der Waals surface area contributed by atoms with Crippen LogP contribution >= 0.6 is 0 Å². The van der Waals surface area contributed by atoms with Crippen LogP contribution in [0.4, 0.5) is 0 Å². The van der Waals surface area contributed by atoms with Crippen molar-refractivity contribution >= 4 is 11.5 Å². The minimum absolute atomic E-state index is 0.000246. The second-order valence-electron chi connectivity index (χ2n) is 5.96. The molecule has 0 radical (unpaired) electrons. The van der Waals surface area contributed by atoms with Crippen molar-refractivity contribution in [1.82, 2.24) is 4.90 Å². The Morgan fingerprint density at radius 3 is 1.80 bits per heavy atom. The van der Waals surface area contributed by atoms with Gasteiger partial charge in [0.25, 0.3) is 5.91 Å². The molecular weight excluding hydrogens is 306 g/mol. The zero-order chi connectivity index (χ0) is 17.5. The molecule has 124 valence electrons. The van der Waals surface area contributed by atoms with Gasteiger partial charge in [-0.15, -0.1) is 0 Å². The van der Waals surface area contributed by atoms with Crippen molar-refractivity contribution in [3.8, 4) is 0 Å². The van der Waals surface area contributed by atoms with Crippen molar-refractivity contribution in [2.75, 3.05) is 0 Å². The number of amides is 1. The molecule has 25 heavy (non-hydrogen) atoms. The van der Waals surface area contributed by atoms with Gasteiger partial charge in [-0.2, -0.15) is 0 Å². The normalized spacial score (nSPS) is 11.2. The maximum Gasteiger partial charge on any atom is 0.258 e. The lowest BCUT2D eigenvalue weighted by Gasteiger charge is -2.20. The molecule has 0 aliphatic rings. The van der Waals surface area contributed by atoms with Crippen molar-refractivity contribution in [1.29, 1.82) is 0 Å². The zero-order valence-corrected chi connectivity index (χ0v) is 14.3. The van der Waals surface area contributed by atoms with Gasteiger partial charge < -0.3 is 4.90 Å². The predicted octanol–water partition coefficient (Wildman–Crippen LogP) is 5.39. The second-order valence-corrected chi connectivity index (χ2v) is 5.96. The SMILES string of the molecule is C/C(=C\N(Cc1ccccc1)C(=O)c1ccccc1)c1ccccc1. The molecule has 0 bridgehead atoms. The molecule has 3 rings (SSSR count). The fraction of sp³-hybridized carbons (Fsp3) is 0.0870. The van der Waals surface area contributed by atoms with Crippen LogP contribution in [0, 0.1) is 0 Å². The maximum atomic E-state index is 13.0. The molecule has 2 nitrogen and oxygen atoms in total. The first-order valence-corrected chi connectivity index (χ1v) is 8.38. The Morgan fingerprint density at radius 2 is 1.24 bits per heavy atom. The molecule has 0 aromatic heterocycles. The van der Waals surface area contributed by atoms with Crippen LogP contribution in [0.3, 0.4) is 0 Å². The van der Waals surface area contributed by atoms with Gasteiger partial charge in [0.15, 0.2) is 0 Å². The molecule has 0 saturated heterocycles. The lowest BCUT2D eigenvalue weighted by atomic mass is 10.1. The molecule has 0 heterocycles. The summed E-state index contributed by atoms with van der Waals surface area (Å²) < 4.78 is 0. The van der Waals surface area contributed by atoms with Crippen LogP contribution in [-0.2, 0) is 6.54 Å². The van der Waals surface area contributed by atoms with E-state index in [1.54, 1.807) is 4.90 Å². The quantitative estimate of drug-likeness (QED) is 0.615. The molecule has 0 aliphatic carbocycles. The van der Waals surface area contributed by atoms with E-state index < -0.39 is 0 Å². The second kappa shape index (κ2) is 8.11. The molecule has 3 aromatic rings. The van der Waals surface area contributed by atoms with E-state index in [4.69, 9.17) is 0 Å². The van der Waals surface area contributed by atoms with E-state index in [1.165, 1.54) is 0 Å². The van der Waals surface area contributed by atoms with Gasteiger partial charge in [0, 0.05) is 11.8 Å². The average molecular weight is 327 g/mol. The molecule has 0 fully saturated rings. The van der Waals surface area contributed by atoms with Gasteiger partial charge in [-0.25, -0.2) is 0 Å². The van der Waals surface area contributed by atoms with Crippen molar-refractivity contribution in [2.45, 2.75) is 13.5 Å². The van der Waals surface area contributed by atoms with E-state index in [0.29, 0.717) is 12.1 Å². The monoisotopic (exact) mass is 327 g/mol. The van der Waals surface area contributed by atoms with Crippen molar-refractivity contribution < 1.29 is 4.79 Å². The number of carbonyl (C=O) groups excluding carboxylic acids is 1. The summed E-state index contributed by atoms with van der Waals surface area (Å²) in [4.78, 5) is 14.8. The first kappa shape index (κ1) is 16.7. The highest BCUT2D eigenvalue weighted by molar-refractivity contribution is 5.95. The molecular formula is C23H21NO. The van der Waals surface area contributed by atoms with Crippen LogP contribution in [0.25, 0.3) is 5.57 Å². The van der Waals surface area contributed by atoms with E-state index in [0.717, 1.165) is 16.7 Å². The minimum Gasteiger partial charge on any atom is -0.310 e. The maximum absolute atomic E-state index is 13.0. The molecule has 3 aromatic carbocycles. The van der Waals surface area contributed by atoms with E-state index in [-0.39, 0.29) is 5.91 Å². The third-order valence-electron chi connectivity index (χ3n) is 4.06. The third kappa shape index (κ3) is 4.45. The summed E-state index contributed by atoms with van der Waals surface area (Å²) in [6, 6.07) is 29.6. The third-order valence-corrected chi connectivity index (χ3v) is 4.06. The Kier molecular flexibility index (Phi) is 5.43. The van der Waals surface area contributed by atoms with Crippen LogP contribution in [-0.4, -0.2) is 10.8 Å². The number of allylic oxidation sites excluding steroid dienone is 1. The summed E-state index contributed by atoms with van der Waals surface area (Å²) >= 11 is 0. The lowest BCUT2D eigenvalue weighted by Crippen LogP contribution is -2.25. The van der Waals surface area contributed by atoms with Crippen molar-refractivity contribution in [3.63, 3.8) is 0 Å². The molecule has 0 unspecified atom stereocenters. The number of rotatable bonds is 5. The zero-order valence-electron chi connectivity index (χ0n) is 14.3. The largest absolute Gasteiger partial charge is 0.310 e. The highest BCUT2D eigenvalue weighted by atomic mass is 16.2. The van der Waals surface area contributed by atoms with Crippen LogP contribution in [0.15, 0.2) is 97.2 Å². The Hall–Kier alpha value is -3.13. The molecule has 0 saturated carbocycles. The van der Waals surface area contributed by atoms with Gasteiger partial charge in [0.1, 0.15) is 0 Å². The number of hydrogen-bond donors (Lipinski definition) is 0. The van der Waals surface area contributed by atoms with Crippen molar-refractivity contribution in [2.24, 2.45) is 0 Å². The standard InChI is InChI=1S/C23H21NO/c1-19(21-13-7-3-8-14-21)17-24(18-20-11-5-2-6-12-20)23(25)22-15-9-4-10-16-22/h2-17H,18H2,1H3/b19-17+. The Morgan fingerprint density at radius 1 is 0.760 bits per heavy atom. The van der Waals surface area contributed by atoms with Gasteiger partial charge in [0.05, 0.1) is 6.54 Å². The minimum atomic E-state index is -0.000246. The summed E-state index contributed by atoms with van der Waals surface area (Å²) in [5, 5.41) is 0.